The molecule has 0 radical (unpaired) electrons. The molecule has 2 heterocycles. The molecule has 2 amide bonds. The molecule has 2 aromatic heterocycles. The number of imidazole rings is 1. The van der Waals surface area contributed by atoms with Gasteiger partial charge in [-0.1, -0.05) is 55.7 Å². The first-order valence-electron chi connectivity index (χ1n) is 9.69. The van der Waals surface area contributed by atoms with Crippen molar-refractivity contribution in [2.24, 2.45) is 0 Å². The van der Waals surface area contributed by atoms with Crippen LogP contribution in [0.5, 0.6) is 0 Å². The van der Waals surface area contributed by atoms with Gasteiger partial charge in [-0.3, -0.25) is 14.0 Å². The van der Waals surface area contributed by atoms with Gasteiger partial charge in [0.15, 0.2) is 5.69 Å². The van der Waals surface area contributed by atoms with E-state index < -0.39 is 0 Å². The van der Waals surface area contributed by atoms with Crippen LogP contribution in [-0.2, 0) is 6.54 Å². The highest BCUT2D eigenvalue weighted by molar-refractivity contribution is 6.02. The van der Waals surface area contributed by atoms with Gasteiger partial charge in [-0.2, -0.15) is 0 Å². The number of carbonyl (C=O) groups is 2. The number of hydrogen-bond donors (Lipinski definition) is 2. The van der Waals surface area contributed by atoms with Gasteiger partial charge in [0.05, 0.1) is 5.52 Å². The van der Waals surface area contributed by atoms with Crippen LogP contribution in [0.1, 0.15) is 58.4 Å². The van der Waals surface area contributed by atoms with E-state index in [1.807, 2.05) is 43.3 Å². The first-order chi connectivity index (χ1) is 13.6. The fourth-order valence-electron chi connectivity index (χ4n) is 2.99. The van der Waals surface area contributed by atoms with E-state index in [1.165, 1.54) is 5.56 Å². The third kappa shape index (κ3) is 4.57. The summed E-state index contributed by atoms with van der Waals surface area (Å²) in [5, 5.41) is 5.78. The number of nitrogens with one attached hydrogen (secondary N) is 2. The van der Waals surface area contributed by atoms with Crippen LogP contribution in [0, 0.1) is 6.92 Å². The van der Waals surface area contributed by atoms with Gasteiger partial charge in [-0.05, 0) is 31.0 Å². The predicted octanol–water partition coefficient (Wildman–Crippen LogP) is 3.49. The summed E-state index contributed by atoms with van der Waals surface area (Å²) in [7, 11) is 0. The number of amides is 2. The lowest BCUT2D eigenvalue weighted by atomic mass is 10.1. The quantitative estimate of drug-likeness (QED) is 0.589. The van der Waals surface area contributed by atoms with Crippen LogP contribution in [0.15, 0.2) is 48.7 Å². The minimum absolute atomic E-state index is 0.229. The average molecular weight is 378 g/mol. The molecular weight excluding hydrogens is 352 g/mol. The van der Waals surface area contributed by atoms with Gasteiger partial charge in [0.2, 0.25) is 5.82 Å². The Bertz CT molecular complexity index is 960. The summed E-state index contributed by atoms with van der Waals surface area (Å²) in [6.45, 7) is 5.15. The van der Waals surface area contributed by atoms with Gasteiger partial charge in [0, 0.05) is 19.3 Å². The van der Waals surface area contributed by atoms with Crippen LogP contribution >= 0.6 is 0 Å². The number of aromatic nitrogens is 2. The zero-order valence-electron chi connectivity index (χ0n) is 16.4. The topological polar surface area (TPSA) is 75.5 Å². The molecule has 0 saturated carbocycles. The van der Waals surface area contributed by atoms with Gasteiger partial charge < -0.3 is 10.6 Å². The Morgan fingerprint density at radius 1 is 1.00 bits per heavy atom. The number of rotatable bonds is 8. The van der Waals surface area contributed by atoms with Crippen molar-refractivity contribution in [2.45, 2.75) is 39.7 Å². The van der Waals surface area contributed by atoms with Crippen LogP contribution in [0.4, 0.5) is 0 Å². The Kier molecular flexibility index (Phi) is 6.42. The van der Waals surface area contributed by atoms with Crippen molar-refractivity contribution in [1.82, 2.24) is 20.0 Å². The molecule has 0 bridgehead atoms. The van der Waals surface area contributed by atoms with Gasteiger partial charge in [-0.15, -0.1) is 0 Å². The molecule has 0 aliphatic heterocycles. The van der Waals surface area contributed by atoms with Crippen LogP contribution in [0.3, 0.4) is 0 Å². The highest BCUT2D eigenvalue weighted by atomic mass is 16.2. The van der Waals surface area contributed by atoms with E-state index in [0.717, 1.165) is 24.8 Å². The second kappa shape index (κ2) is 9.17. The lowest BCUT2D eigenvalue weighted by Gasteiger charge is -2.04. The fourth-order valence-corrected chi connectivity index (χ4v) is 2.99. The minimum Gasteiger partial charge on any atom is -0.349 e. The van der Waals surface area contributed by atoms with E-state index in [1.54, 1.807) is 16.7 Å². The fraction of sp³-hybridized carbons (Fsp3) is 0.318. The lowest BCUT2D eigenvalue weighted by Crippen LogP contribution is -2.27. The summed E-state index contributed by atoms with van der Waals surface area (Å²) in [5.74, 6) is -0.336. The molecule has 3 rings (SSSR count). The van der Waals surface area contributed by atoms with E-state index in [4.69, 9.17) is 0 Å². The monoisotopic (exact) mass is 378 g/mol. The number of benzene rings is 1. The highest BCUT2D eigenvalue weighted by Crippen LogP contribution is 2.14. The molecule has 6 heteroatoms. The summed E-state index contributed by atoms with van der Waals surface area (Å²) in [5.41, 5.74) is 3.05. The summed E-state index contributed by atoms with van der Waals surface area (Å²) in [6, 6.07) is 13.4. The third-order valence-electron chi connectivity index (χ3n) is 4.61. The molecule has 0 aliphatic carbocycles. The minimum atomic E-state index is -0.297. The SMILES string of the molecule is CCCCCNC(=O)c1nc(C(=O)NCc2ccc(C)cc2)c2ccccn12. The number of pyridine rings is 1. The first kappa shape index (κ1) is 19.6. The summed E-state index contributed by atoms with van der Waals surface area (Å²) in [4.78, 5) is 29.6. The van der Waals surface area contributed by atoms with E-state index in [2.05, 4.69) is 22.5 Å². The molecule has 3 aromatic rings. The van der Waals surface area contributed by atoms with Gasteiger partial charge in [0.1, 0.15) is 0 Å². The summed E-state index contributed by atoms with van der Waals surface area (Å²) >= 11 is 0. The molecule has 6 nitrogen and oxygen atoms in total. The Hall–Kier alpha value is -3.15. The van der Waals surface area contributed by atoms with E-state index in [9.17, 15) is 9.59 Å². The predicted molar refractivity (Wildman–Crippen MR) is 109 cm³/mol. The first-order valence-corrected chi connectivity index (χ1v) is 9.69. The molecule has 0 aliphatic rings. The van der Waals surface area contributed by atoms with Crippen LogP contribution < -0.4 is 10.6 Å². The second-order valence-corrected chi connectivity index (χ2v) is 6.87. The molecule has 1 aromatic carbocycles. The Balaban J connectivity index is 1.76. The molecule has 0 fully saturated rings. The molecule has 0 atom stereocenters. The largest absolute Gasteiger partial charge is 0.349 e. The summed E-state index contributed by atoms with van der Waals surface area (Å²) < 4.78 is 1.66. The molecular formula is C22H26N4O2. The maximum absolute atomic E-state index is 12.7. The van der Waals surface area contributed by atoms with Gasteiger partial charge in [-0.25, -0.2) is 4.98 Å². The smallest absolute Gasteiger partial charge is 0.287 e. The lowest BCUT2D eigenvalue weighted by molar-refractivity contribution is 0.0941. The number of unbranched alkanes of at least 4 members (excludes halogenated alkanes) is 2. The maximum Gasteiger partial charge on any atom is 0.287 e. The van der Waals surface area contributed by atoms with Crippen molar-refractivity contribution in [3.8, 4) is 0 Å². The van der Waals surface area contributed by atoms with Gasteiger partial charge >= 0.3 is 0 Å². The zero-order chi connectivity index (χ0) is 19.9. The molecule has 0 spiro atoms. The number of carbonyl (C=O) groups excluding carboxylic acids is 2. The normalized spacial score (nSPS) is 10.8. The third-order valence-corrected chi connectivity index (χ3v) is 4.61. The maximum atomic E-state index is 12.7. The van der Waals surface area contributed by atoms with E-state index >= 15 is 0 Å². The summed E-state index contributed by atoms with van der Waals surface area (Å²) in [6.07, 6.45) is 4.83. The number of aryl methyl sites for hydroxylation is 1. The van der Waals surface area contributed by atoms with Crippen molar-refractivity contribution in [3.05, 3.63) is 71.3 Å². The molecule has 2 N–H and O–H groups in total. The number of hydrogen-bond acceptors (Lipinski definition) is 3. The second-order valence-electron chi connectivity index (χ2n) is 6.87. The molecule has 28 heavy (non-hydrogen) atoms. The van der Waals surface area contributed by atoms with Crippen molar-refractivity contribution >= 4 is 17.3 Å². The van der Waals surface area contributed by atoms with E-state index in [-0.39, 0.29) is 23.3 Å². The van der Waals surface area contributed by atoms with Crippen LogP contribution in [0.25, 0.3) is 5.52 Å². The Morgan fingerprint density at radius 3 is 2.54 bits per heavy atom. The standard InChI is InChI=1S/C22H26N4O2/c1-3-4-6-13-23-22(28)20-25-19(18-8-5-7-14-26(18)20)21(27)24-15-17-11-9-16(2)10-12-17/h5,7-12,14H,3-4,6,13,15H2,1-2H3,(H,23,28)(H,24,27). The van der Waals surface area contributed by atoms with Crippen LogP contribution in [0.2, 0.25) is 0 Å². The van der Waals surface area contributed by atoms with Crippen LogP contribution in [-0.4, -0.2) is 27.7 Å². The van der Waals surface area contributed by atoms with E-state index in [0.29, 0.717) is 18.6 Å². The van der Waals surface area contributed by atoms with Gasteiger partial charge in [0.25, 0.3) is 11.8 Å². The average Bonchev–Trinajstić information content (AvgIpc) is 3.10. The molecule has 0 unspecified atom stereocenters. The van der Waals surface area contributed by atoms with Crippen molar-refractivity contribution in [3.63, 3.8) is 0 Å². The number of fused-ring (bicyclic) bond motifs is 1. The van der Waals surface area contributed by atoms with Crippen molar-refractivity contribution in [1.29, 1.82) is 0 Å². The zero-order valence-corrected chi connectivity index (χ0v) is 16.4. The Labute approximate surface area is 165 Å². The molecule has 146 valence electrons. The van der Waals surface area contributed by atoms with Crippen molar-refractivity contribution < 1.29 is 9.59 Å². The molecule has 0 saturated heterocycles. The highest BCUT2D eigenvalue weighted by Gasteiger charge is 2.21. The Morgan fingerprint density at radius 2 is 1.79 bits per heavy atom. The number of nitrogens with zero attached hydrogens (tertiary/aromatic N) is 2. The van der Waals surface area contributed by atoms with Crippen molar-refractivity contribution in [2.75, 3.05) is 6.54 Å².